The summed E-state index contributed by atoms with van der Waals surface area (Å²) in [7, 11) is 3.20. The number of methoxy groups -OCH3 is 2. The molecule has 0 aromatic heterocycles. The minimum Gasteiger partial charge on any atom is -0.496 e. The highest BCUT2D eigenvalue weighted by atomic mass is 79.9. The maximum absolute atomic E-state index is 12.1. The average molecular weight is 365 g/mol. The van der Waals surface area contributed by atoms with Crippen LogP contribution in [0.25, 0.3) is 0 Å². The van der Waals surface area contributed by atoms with Gasteiger partial charge in [0.15, 0.2) is 0 Å². The summed E-state index contributed by atoms with van der Waals surface area (Å²) in [6, 6.07) is 12.8. The highest BCUT2D eigenvalue weighted by Gasteiger charge is 2.11. The van der Waals surface area contributed by atoms with E-state index in [2.05, 4.69) is 15.9 Å². The minimum absolute atomic E-state index is 0.149. The Balaban J connectivity index is 2.07. The third-order valence-corrected chi connectivity index (χ3v) is 3.57. The number of carbonyl (C=O) groups is 1. The van der Waals surface area contributed by atoms with Crippen molar-refractivity contribution < 1.29 is 19.0 Å². The highest BCUT2D eigenvalue weighted by molar-refractivity contribution is 9.10. The molecule has 2 rings (SSSR count). The first-order valence-corrected chi connectivity index (χ1v) is 7.50. The van der Waals surface area contributed by atoms with Crippen LogP contribution < -0.4 is 4.74 Å². The van der Waals surface area contributed by atoms with Crippen LogP contribution in [0.4, 0.5) is 0 Å². The number of ether oxygens (including phenoxy) is 3. The van der Waals surface area contributed by atoms with Crippen LogP contribution in [0.15, 0.2) is 46.9 Å². The molecule has 0 saturated carbocycles. The van der Waals surface area contributed by atoms with E-state index in [4.69, 9.17) is 14.2 Å². The number of hydrogen-bond donors (Lipinski definition) is 0. The van der Waals surface area contributed by atoms with Crippen molar-refractivity contribution in [1.82, 2.24) is 0 Å². The van der Waals surface area contributed by atoms with E-state index in [-0.39, 0.29) is 12.6 Å². The molecule has 116 valence electrons. The van der Waals surface area contributed by atoms with Gasteiger partial charge in [-0.15, -0.1) is 0 Å². The van der Waals surface area contributed by atoms with Crippen molar-refractivity contribution in [1.29, 1.82) is 0 Å². The molecule has 0 amide bonds. The van der Waals surface area contributed by atoms with Crippen LogP contribution in [-0.2, 0) is 22.7 Å². The van der Waals surface area contributed by atoms with Gasteiger partial charge in [-0.25, -0.2) is 4.79 Å². The SMILES string of the molecule is COCc1cccc(C(=O)OCc2cc(Br)ccc2OC)c1. The molecule has 0 atom stereocenters. The van der Waals surface area contributed by atoms with Crippen molar-refractivity contribution >= 4 is 21.9 Å². The van der Waals surface area contributed by atoms with Gasteiger partial charge in [-0.3, -0.25) is 0 Å². The first kappa shape index (κ1) is 16.5. The van der Waals surface area contributed by atoms with Gasteiger partial charge >= 0.3 is 5.97 Å². The Labute approximate surface area is 138 Å². The lowest BCUT2D eigenvalue weighted by molar-refractivity contribution is 0.0470. The molecule has 0 aliphatic carbocycles. The predicted molar refractivity (Wildman–Crippen MR) is 87.0 cm³/mol. The van der Waals surface area contributed by atoms with Crippen molar-refractivity contribution in [3.8, 4) is 5.75 Å². The summed E-state index contributed by atoms with van der Waals surface area (Å²) in [6.07, 6.45) is 0. The Morgan fingerprint density at radius 3 is 2.64 bits per heavy atom. The number of rotatable bonds is 6. The summed E-state index contributed by atoms with van der Waals surface area (Å²) in [6.45, 7) is 0.608. The van der Waals surface area contributed by atoms with Gasteiger partial charge in [-0.2, -0.15) is 0 Å². The van der Waals surface area contributed by atoms with Gasteiger partial charge in [0.1, 0.15) is 12.4 Å². The molecule has 2 aromatic rings. The van der Waals surface area contributed by atoms with Gasteiger partial charge in [-0.05, 0) is 35.9 Å². The van der Waals surface area contributed by atoms with Gasteiger partial charge < -0.3 is 14.2 Å². The monoisotopic (exact) mass is 364 g/mol. The maximum atomic E-state index is 12.1. The summed E-state index contributed by atoms with van der Waals surface area (Å²) in [4.78, 5) is 12.1. The van der Waals surface area contributed by atoms with Gasteiger partial charge in [0, 0.05) is 17.1 Å². The van der Waals surface area contributed by atoms with Crippen molar-refractivity contribution in [2.24, 2.45) is 0 Å². The fourth-order valence-corrected chi connectivity index (χ4v) is 2.45. The summed E-state index contributed by atoms with van der Waals surface area (Å²) in [5.41, 5.74) is 2.23. The molecule has 0 radical (unpaired) electrons. The lowest BCUT2D eigenvalue weighted by Gasteiger charge is -2.10. The molecule has 5 heteroatoms. The smallest absolute Gasteiger partial charge is 0.338 e. The van der Waals surface area contributed by atoms with E-state index in [9.17, 15) is 4.79 Å². The molecule has 0 unspecified atom stereocenters. The van der Waals surface area contributed by atoms with Crippen LogP contribution in [0.5, 0.6) is 5.75 Å². The zero-order valence-electron chi connectivity index (χ0n) is 12.5. The van der Waals surface area contributed by atoms with E-state index in [1.54, 1.807) is 26.4 Å². The highest BCUT2D eigenvalue weighted by Crippen LogP contribution is 2.24. The molecule has 0 bridgehead atoms. The third-order valence-electron chi connectivity index (χ3n) is 3.07. The standard InChI is InChI=1S/C17H17BrO4/c1-20-10-12-4-3-5-13(8-12)17(19)22-11-14-9-15(18)6-7-16(14)21-2/h3-9H,10-11H2,1-2H3. The van der Waals surface area contributed by atoms with Crippen LogP contribution >= 0.6 is 15.9 Å². The van der Waals surface area contributed by atoms with E-state index < -0.39 is 0 Å². The Morgan fingerprint density at radius 1 is 1.09 bits per heavy atom. The molecule has 0 aliphatic heterocycles. The lowest BCUT2D eigenvalue weighted by Crippen LogP contribution is -2.06. The average Bonchev–Trinajstić information content (AvgIpc) is 2.53. The van der Waals surface area contributed by atoms with Gasteiger partial charge in [0.05, 0.1) is 19.3 Å². The van der Waals surface area contributed by atoms with Crippen molar-refractivity contribution in [2.45, 2.75) is 13.2 Å². The molecule has 0 fully saturated rings. The number of carbonyl (C=O) groups excluding carboxylic acids is 1. The fourth-order valence-electron chi connectivity index (χ4n) is 2.04. The molecule has 2 aromatic carbocycles. The second-order valence-electron chi connectivity index (χ2n) is 4.67. The van der Waals surface area contributed by atoms with Crippen molar-refractivity contribution in [2.75, 3.05) is 14.2 Å². The number of benzene rings is 2. The van der Waals surface area contributed by atoms with Crippen LogP contribution in [0.2, 0.25) is 0 Å². The largest absolute Gasteiger partial charge is 0.496 e. The first-order valence-electron chi connectivity index (χ1n) is 6.71. The van der Waals surface area contributed by atoms with Crippen molar-refractivity contribution in [3.63, 3.8) is 0 Å². The molecule has 0 spiro atoms. The molecule has 0 aliphatic rings. The van der Waals surface area contributed by atoms with Gasteiger partial charge in [0.25, 0.3) is 0 Å². The summed E-state index contributed by atoms with van der Waals surface area (Å²) in [5.74, 6) is 0.309. The molecule has 0 N–H and O–H groups in total. The maximum Gasteiger partial charge on any atom is 0.338 e. The van der Waals surface area contributed by atoms with Gasteiger partial charge in [0.2, 0.25) is 0 Å². The Kier molecular flexibility index (Phi) is 5.98. The number of hydrogen-bond acceptors (Lipinski definition) is 4. The molecular formula is C17H17BrO4. The Hall–Kier alpha value is -1.85. The summed E-state index contributed by atoms with van der Waals surface area (Å²) < 4.78 is 16.6. The Bertz CT molecular complexity index is 655. The van der Waals surface area contributed by atoms with Crippen LogP contribution in [0, 0.1) is 0 Å². The quantitative estimate of drug-likeness (QED) is 0.727. The Morgan fingerprint density at radius 2 is 1.91 bits per heavy atom. The predicted octanol–water partition coefficient (Wildman–Crippen LogP) is 3.96. The normalized spacial score (nSPS) is 10.3. The van der Waals surface area contributed by atoms with E-state index in [0.717, 1.165) is 15.6 Å². The van der Waals surface area contributed by atoms with E-state index in [1.807, 2.05) is 30.3 Å². The molecule has 0 saturated heterocycles. The molecule has 4 nitrogen and oxygen atoms in total. The topological polar surface area (TPSA) is 44.8 Å². The van der Waals surface area contributed by atoms with Gasteiger partial charge in [-0.1, -0.05) is 28.1 Å². The zero-order valence-corrected chi connectivity index (χ0v) is 14.1. The molecule has 22 heavy (non-hydrogen) atoms. The van der Waals surface area contributed by atoms with Crippen LogP contribution in [0.3, 0.4) is 0 Å². The van der Waals surface area contributed by atoms with Crippen LogP contribution in [0.1, 0.15) is 21.5 Å². The van der Waals surface area contributed by atoms with E-state index >= 15 is 0 Å². The lowest BCUT2D eigenvalue weighted by atomic mass is 10.1. The fraction of sp³-hybridized carbons (Fsp3) is 0.235. The summed E-state index contributed by atoms with van der Waals surface area (Å²) in [5, 5.41) is 0. The molecule has 0 heterocycles. The van der Waals surface area contributed by atoms with E-state index in [1.165, 1.54) is 0 Å². The number of esters is 1. The van der Waals surface area contributed by atoms with E-state index in [0.29, 0.717) is 17.9 Å². The summed E-state index contributed by atoms with van der Waals surface area (Å²) >= 11 is 3.39. The zero-order chi connectivity index (χ0) is 15.9. The van der Waals surface area contributed by atoms with Crippen LogP contribution in [-0.4, -0.2) is 20.2 Å². The van der Waals surface area contributed by atoms with Crippen molar-refractivity contribution in [3.05, 3.63) is 63.6 Å². The second kappa shape index (κ2) is 7.96. The first-order chi connectivity index (χ1) is 10.6. The third kappa shape index (κ3) is 4.32. The number of halogens is 1. The molecular weight excluding hydrogens is 348 g/mol. The second-order valence-corrected chi connectivity index (χ2v) is 5.58. The minimum atomic E-state index is -0.375.